The van der Waals surface area contributed by atoms with Crippen molar-refractivity contribution in [2.24, 2.45) is 0 Å². The first kappa shape index (κ1) is 13.3. The Bertz CT molecular complexity index is 1230. The van der Waals surface area contributed by atoms with Gasteiger partial charge in [0.15, 0.2) is 0 Å². The highest BCUT2D eigenvalue weighted by molar-refractivity contribution is 6.82. The highest BCUT2D eigenvalue weighted by Gasteiger charge is 2.21. The van der Waals surface area contributed by atoms with Gasteiger partial charge < -0.3 is 5.53 Å². The Balaban J connectivity index is 1.94. The molecule has 1 heterocycles. The van der Waals surface area contributed by atoms with Crippen molar-refractivity contribution in [3.05, 3.63) is 83.3 Å². The van der Waals surface area contributed by atoms with E-state index < -0.39 is 0 Å². The van der Waals surface area contributed by atoms with E-state index in [9.17, 15) is 5.53 Å². The maximum absolute atomic E-state index is 9.22. The van der Waals surface area contributed by atoms with Crippen molar-refractivity contribution in [2.45, 2.75) is 0 Å². The Kier molecular flexibility index (Phi) is 2.73. The minimum absolute atomic E-state index is 0.605. The van der Waals surface area contributed by atoms with E-state index in [1.807, 2.05) is 19.3 Å². The zero-order chi connectivity index (χ0) is 16.1. The van der Waals surface area contributed by atoms with E-state index in [-0.39, 0.29) is 0 Å². The van der Waals surface area contributed by atoms with Gasteiger partial charge in [-0.15, -0.1) is 5.98 Å². The van der Waals surface area contributed by atoms with Gasteiger partial charge in [0.05, 0.1) is 5.56 Å². The topological polar surface area (TPSA) is 36.4 Å². The summed E-state index contributed by atoms with van der Waals surface area (Å²) >= 11 is 0. The molecular formula is C21H12BN2. The van der Waals surface area contributed by atoms with Crippen molar-refractivity contribution in [3.8, 4) is 0 Å². The van der Waals surface area contributed by atoms with Gasteiger partial charge in [-0.05, 0) is 56.1 Å². The molecule has 1 aliphatic heterocycles. The maximum Gasteiger partial charge on any atom is 0.298 e. The average molecular weight is 303 g/mol. The number of nitrogens with zero attached hydrogens (tertiary/aromatic N) is 2. The molecule has 1 aliphatic rings. The van der Waals surface area contributed by atoms with Gasteiger partial charge in [-0.25, -0.2) is 0 Å². The van der Waals surface area contributed by atoms with Crippen LogP contribution in [-0.2, 0) is 0 Å². The second-order valence-electron chi connectivity index (χ2n) is 6.12. The summed E-state index contributed by atoms with van der Waals surface area (Å²) < 4.78 is 0. The number of rotatable bonds is 0. The van der Waals surface area contributed by atoms with E-state index in [1.165, 1.54) is 32.3 Å². The molecule has 2 nitrogen and oxygen atoms in total. The van der Waals surface area contributed by atoms with E-state index in [1.54, 1.807) is 0 Å². The number of benzene rings is 4. The standard InChI is InChI=1S/C21H12BN2/c23-24-21-19-8-7-17-16(18(19)9-10-22-21)6-5-15-11-13-3-1-2-4-14(13)12-20(15)17/h1-12H. The van der Waals surface area contributed by atoms with Crippen LogP contribution in [-0.4, -0.2) is 17.7 Å². The van der Waals surface area contributed by atoms with E-state index in [2.05, 4.69) is 65.5 Å². The summed E-state index contributed by atoms with van der Waals surface area (Å²) in [4.78, 5) is 3.41. The van der Waals surface area contributed by atoms with Crippen LogP contribution in [0.1, 0.15) is 11.1 Å². The average Bonchev–Trinajstić information content (AvgIpc) is 2.65. The molecule has 4 aromatic carbocycles. The Morgan fingerprint density at radius 1 is 0.750 bits per heavy atom. The van der Waals surface area contributed by atoms with Crippen LogP contribution in [0.15, 0.2) is 66.6 Å². The van der Waals surface area contributed by atoms with Crippen molar-refractivity contribution in [1.82, 2.24) is 0 Å². The molecule has 0 atom stereocenters. The third kappa shape index (κ3) is 1.79. The monoisotopic (exact) mass is 303 g/mol. The fourth-order valence-electron chi connectivity index (χ4n) is 3.67. The molecular weight excluding hydrogens is 291 g/mol. The summed E-state index contributed by atoms with van der Waals surface area (Å²) in [6.07, 6.45) is 2.08. The van der Waals surface area contributed by atoms with Crippen molar-refractivity contribution in [2.75, 3.05) is 0 Å². The van der Waals surface area contributed by atoms with Crippen molar-refractivity contribution in [1.29, 1.82) is 0 Å². The van der Waals surface area contributed by atoms with Crippen LogP contribution < -0.4 is 0 Å². The van der Waals surface area contributed by atoms with E-state index in [0.29, 0.717) is 5.61 Å². The van der Waals surface area contributed by atoms with Crippen LogP contribution in [0.5, 0.6) is 0 Å². The van der Waals surface area contributed by atoms with Crippen molar-refractivity contribution >= 4 is 51.3 Å². The van der Waals surface area contributed by atoms with Crippen LogP contribution in [0, 0.1) is 0 Å². The predicted molar refractivity (Wildman–Crippen MR) is 101 cm³/mol. The third-order valence-electron chi connectivity index (χ3n) is 4.83. The quantitative estimate of drug-likeness (QED) is 0.147. The van der Waals surface area contributed by atoms with E-state index >= 15 is 0 Å². The van der Waals surface area contributed by atoms with E-state index in [4.69, 9.17) is 0 Å². The number of hydrogen-bond acceptors (Lipinski definition) is 0. The lowest BCUT2D eigenvalue weighted by Crippen LogP contribution is -2.15. The molecule has 0 unspecified atom stereocenters. The molecule has 24 heavy (non-hydrogen) atoms. The van der Waals surface area contributed by atoms with E-state index in [0.717, 1.165) is 11.1 Å². The lowest BCUT2D eigenvalue weighted by Gasteiger charge is -2.13. The molecule has 109 valence electrons. The van der Waals surface area contributed by atoms with Gasteiger partial charge in [0, 0.05) is 0 Å². The van der Waals surface area contributed by atoms with Crippen LogP contribution in [0.3, 0.4) is 0 Å². The fourth-order valence-corrected chi connectivity index (χ4v) is 3.67. The highest BCUT2D eigenvalue weighted by atomic mass is 14.8. The molecule has 0 aliphatic carbocycles. The van der Waals surface area contributed by atoms with Crippen molar-refractivity contribution in [3.63, 3.8) is 0 Å². The molecule has 4 aromatic rings. The smallest absolute Gasteiger partial charge is 0.298 e. The molecule has 0 saturated carbocycles. The number of hydrogen-bond donors (Lipinski definition) is 0. The molecule has 3 heteroatoms. The molecule has 0 N–H and O–H groups in total. The first-order valence-corrected chi connectivity index (χ1v) is 7.97. The van der Waals surface area contributed by atoms with Crippen LogP contribution in [0.25, 0.3) is 43.9 Å². The second-order valence-corrected chi connectivity index (χ2v) is 6.12. The Morgan fingerprint density at radius 2 is 1.54 bits per heavy atom. The van der Waals surface area contributed by atoms with Gasteiger partial charge in [0.25, 0.3) is 7.28 Å². The van der Waals surface area contributed by atoms with Crippen LogP contribution in [0.4, 0.5) is 0 Å². The largest absolute Gasteiger partial charge is 0.362 e. The van der Waals surface area contributed by atoms with Gasteiger partial charge in [-0.3, -0.25) is 0 Å². The molecule has 0 fully saturated rings. The molecule has 0 aromatic heterocycles. The Morgan fingerprint density at radius 3 is 2.38 bits per heavy atom. The molecule has 0 saturated heterocycles. The van der Waals surface area contributed by atoms with Gasteiger partial charge in [0.1, 0.15) is 0 Å². The second kappa shape index (κ2) is 4.92. The van der Waals surface area contributed by atoms with Gasteiger partial charge in [0.2, 0.25) is 5.61 Å². The molecule has 0 bridgehead atoms. The molecule has 1 radical (unpaired) electrons. The first-order chi connectivity index (χ1) is 11.8. The Hall–Kier alpha value is -3.16. The first-order valence-electron chi connectivity index (χ1n) is 7.97. The normalized spacial score (nSPS) is 13.1. The minimum Gasteiger partial charge on any atom is -0.362 e. The zero-order valence-electron chi connectivity index (χ0n) is 12.9. The fraction of sp³-hybridized carbons (Fsp3) is 0. The zero-order valence-corrected chi connectivity index (χ0v) is 12.9. The predicted octanol–water partition coefficient (Wildman–Crippen LogP) is 4.81. The maximum atomic E-state index is 9.22. The SMILES string of the molecule is [N-]=[N+]=C1[B]C=Cc2c1ccc1c2ccc2cc3ccccc3cc21. The molecule has 0 amide bonds. The summed E-state index contributed by atoms with van der Waals surface area (Å²) in [5, 5.41) is 7.40. The summed E-state index contributed by atoms with van der Waals surface area (Å²) in [5.74, 6) is 1.93. The summed E-state index contributed by atoms with van der Waals surface area (Å²) in [7, 11) is 1.82. The Labute approximate surface area is 139 Å². The number of fused-ring (bicyclic) bond motifs is 6. The van der Waals surface area contributed by atoms with Crippen LogP contribution >= 0.6 is 0 Å². The lowest BCUT2D eigenvalue weighted by molar-refractivity contribution is 0.000500. The summed E-state index contributed by atoms with van der Waals surface area (Å²) in [6, 6.07) is 21.5. The summed E-state index contributed by atoms with van der Waals surface area (Å²) in [6.45, 7) is 0. The third-order valence-corrected chi connectivity index (χ3v) is 4.83. The lowest BCUT2D eigenvalue weighted by atomic mass is 9.65. The van der Waals surface area contributed by atoms with Gasteiger partial charge in [-0.2, -0.15) is 4.79 Å². The minimum atomic E-state index is 0.605. The van der Waals surface area contributed by atoms with Gasteiger partial charge >= 0.3 is 0 Å². The van der Waals surface area contributed by atoms with Gasteiger partial charge in [-0.1, -0.05) is 48.5 Å². The molecule has 0 spiro atoms. The highest BCUT2D eigenvalue weighted by Crippen LogP contribution is 2.33. The van der Waals surface area contributed by atoms with Crippen molar-refractivity contribution < 1.29 is 4.79 Å². The summed E-state index contributed by atoms with van der Waals surface area (Å²) in [5.41, 5.74) is 11.9. The molecule has 5 rings (SSSR count). The van der Waals surface area contributed by atoms with Crippen LogP contribution in [0.2, 0.25) is 0 Å².